The normalized spacial score (nSPS) is 18.8. The molecular formula is C28H30N4O5. The van der Waals surface area contributed by atoms with E-state index in [1.54, 1.807) is 29.2 Å². The Balaban J connectivity index is 1.25. The first kappa shape index (κ1) is 23.7. The number of hydrogen-bond donors (Lipinski definition) is 1. The zero-order chi connectivity index (χ0) is 26.1. The van der Waals surface area contributed by atoms with E-state index >= 15 is 0 Å². The number of hydrogen-bond acceptors (Lipinski definition) is 6. The highest BCUT2D eigenvalue weighted by molar-refractivity contribution is 6.21. The van der Waals surface area contributed by atoms with E-state index in [1.165, 1.54) is 4.90 Å². The number of aliphatic hydroxyl groups is 1. The van der Waals surface area contributed by atoms with E-state index in [4.69, 9.17) is 9.72 Å². The number of imide groups is 1. The Labute approximate surface area is 214 Å². The molecule has 9 nitrogen and oxygen atoms in total. The van der Waals surface area contributed by atoms with Crippen molar-refractivity contribution in [2.45, 2.75) is 57.8 Å². The number of nitrogens with zero attached hydrogens (tertiary/aromatic N) is 4. The van der Waals surface area contributed by atoms with Crippen molar-refractivity contribution in [1.82, 2.24) is 19.2 Å². The fourth-order valence-electron chi connectivity index (χ4n) is 5.12. The van der Waals surface area contributed by atoms with Crippen molar-refractivity contribution in [2.24, 2.45) is 5.92 Å². The molecule has 2 fully saturated rings. The lowest BCUT2D eigenvalue weighted by Gasteiger charge is -2.42. The molecule has 192 valence electrons. The van der Waals surface area contributed by atoms with Gasteiger partial charge in [-0.15, -0.1) is 0 Å². The van der Waals surface area contributed by atoms with E-state index in [1.807, 2.05) is 43.6 Å². The van der Waals surface area contributed by atoms with Crippen molar-refractivity contribution < 1.29 is 24.2 Å². The molecule has 1 saturated heterocycles. The van der Waals surface area contributed by atoms with Crippen LogP contribution in [-0.2, 0) is 11.3 Å². The third-order valence-electron chi connectivity index (χ3n) is 7.22. The number of carbonyl (C=O) groups is 3. The van der Waals surface area contributed by atoms with Crippen LogP contribution in [0.25, 0.3) is 5.65 Å². The van der Waals surface area contributed by atoms with Gasteiger partial charge in [-0.25, -0.2) is 9.78 Å². The van der Waals surface area contributed by atoms with Gasteiger partial charge in [0, 0.05) is 37.0 Å². The number of aromatic nitrogens is 2. The number of rotatable bonds is 5. The molecule has 1 N–H and O–H groups in total. The molecule has 3 amide bonds. The molecule has 3 aliphatic rings. The molecule has 2 aromatic heterocycles. The molecule has 9 heteroatoms. The highest BCUT2D eigenvalue weighted by Gasteiger charge is 2.40. The summed E-state index contributed by atoms with van der Waals surface area (Å²) < 4.78 is 7.33. The van der Waals surface area contributed by atoms with Gasteiger partial charge in [0.05, 0.1) is 29.5 Å². The van der Waals surface area contributed by atoms with Crippen LogP contribution in [0.1, 0.15) is 83.2 Å². The molecule has 1 unspecified atom stereocenters. The Bertz CT molecular complexity index is 1390. The average Bonchev–Trinajstić information content (AvgIpc) is 3.53. The van der Waals surface area contributed by atoms with Crippen LogP contribution in [0.5, 0.6) is 0 Å². The number of benzene rings is 1. The van der Waals surface area contributed by atoms with E-state index in [0.717, 1.165) is 18.4 Å². The predicted molar refractivity (Wildman–Crippen MR) is 134 cm³/mol. The lowest BCUT2D eigenvalue weighted by molar-refractivity contribution is -0.0312. The van der Waals surface area contributed by atoms with Crippen LogP contribution in [0.2, 0.25) is 0 Å². The van der Waals surface area contributed by atoms with Crippen LogP contribution in [0.3, 0.4) is 0 Å². The summed E-state index contributed by atoms with van der Waals surface area (Å²) in [4.78, 5) is 45.6. The smallest absolute Gasteiger partial charge is 0.410 e. The van der Waals surface area contributed by atoms with Gasteiger partial charge in [0.15, 0.2) is 0 Å². The number of imidazole rings is 1. The molecule has 1 saturated carbocycles. The Morgan fingerprint density at radius 1 is 1.11 bits per heavy atom. The summed E-state index contributed by atoms with van der Waals surface area (Å²) in [6.07, 6.45) is 4.87. The van der Waals surface area contributed by atoms with Crippen molar-refractivity contribution in [3.63, 3.8) is 0 Å². The SMILES string of the molecule is CC(C)(C)OC(=O)N1CC(C(O)c2cc(C3CC3)cn3cc(CN4C(=O)c5ccccc5C4=O)nc23)C1. The largest absolute Gasteiger partial charge is 0.444 e. The molecule has 1 atom stereocenters. The maximum absolute atomic E-state index is 12.8. The van der Waals surface area contributed by atoms with Crippen molar-refractivity contribution in [3.05, 3.63) is 70.7 Å². The number of likely N-dealkylation sites (tertiary alicyclic amines) is 1. The van der Waals surface area contributed by atoms with Crippen molar-refractivity contribution >= 4 is 23.6 Å². The lowest BCUT2D eigenvalue weighted by Crippen LogP contribution is -2.53. The Hall–Kier alpha value is -3.72. The van der Waals surface area contributed by atoms with Crippen molar-refractivity contribution in [2.75, 3.05) is 13.1 Å². The second-order valence-electron chi connectivity index (χ2n) is 11.3. The van der Waals surface area contributed by atoms with Gasteiger partial charge in [-0.3, -0.25) is 14.5 Å². The first-order chi connectivity index (χ1) is 17.6. The minimum absolute atomic E-state index is 0.0537. The number of aliphatic hydroxyl groups excluding tert-OH is 1. The van der Waals surface area contributed by atoms with Crippen LogP contribution in [0, 0.1) is 5.92 Å². The molecule has 6 rings (SSSR count). The monoisotopic (exact) mass is 502 g/mol. The van der Waals surface area contributed by atoms with Crippen LogP contribution in [0.15, 0.2) is 42.7 Å². The van der Waals surface area contributed by atoms with E-state index in [-0.39, 0.29) is 30.4 Å². The molecule has 1 aromatic carbocycles. The zero-order valence-corrected chi connectivity index (χ0v) is 21.2. The van der Waals surface area contributed by atoms with Crippen LogP contribution >= 0.6 is 0 Å². The first-order valence-corrected chi connectivity index (χ1v) is 12.7. The van der Waals surface area contributed by atoms with Gasteiger partial charge in [0.25, 0.3) is 11.8 Å². The summed E-state index contributed by atoms with van der Waals surface area (Å²) in [5.74, 6) is -0.333. The maximum Gasteiger partial charge on any atom is 0.410 e. The van der Waals surface area contributed by atoms with Gasteiger partial charge in [-0.1, -0.05) is 12.1 Å². The lowest BCUT2D eigenvalue weighted by atomic mass is 9.89. The third kappa shape index (κ3) is 4.27. The maximum atomic E-state index is 12.8. The van der Waals surface area contributed by atoms with Crippen LogP contribution < -0.4 is 0 Å². The number of carbonyl (C=O) groups excluding carboxylic acids is 3. The standard InChI is InChI=1S/C28H30N4O5/c1-28(2,3)37-27(36)31-12-18(13-31)23(33)22-10-17(16-8-9-16)11-30-14-19(29-24(22)30)15-32-25(34)20-6-4-5-7-21(20)26(32)35/h4-7,10-11,14,16,18,23,33H,8-9,12-13,15H2,1-3H3. The number of pyridine rings is 1. The molecule has 3 aromatic rings. The zero-order valence-electron chi connectivity index (χ0n) is 21.2. The summed E-state index contributed by atoms with van der Waals surface area (Å²) in [5, 5.41) is 11.3. The fourth-order valence-corrected chi connectivity index (χ4v) is 5.12. The van der Waals surface area contributed by atoms with E-state index in [0.29, 0.717) is 47.0 Å². The third-order valence-corrected chi connectivity index (χ3v) is 7.22. The van der Waals surface area contributed by atoms with Crippen LogP contribution in [-0.4, -0.2) is 60.9 Å². The molecule has 0 spiro atoms. The number of amides is 3. The first-order valence-electron chi connectivity index (χ1n) is 12.7. The fraction of sp³-hybridized carbons (Fsp3) is 0.429. The van der Waals surface area contributed by atoms with Gasteiger partial charge < -0.3 is 19.1 Å². The van der Waals surface area contributed by atoms with Crippen molar-refractivity contribution in [3.8, 4) is 0 Å². The highest BCUT2D eigenvalue weighted by Crippen LogP contribution is 2.42. The van der Waals surface area contributed by atoms with E-state index in [2.05, 4.69) is 0 Å². The molecule has 0 radical (unpaired) electrons. The molecular weight excluding hydrogens is 472 g/mol. The van der Waals surface area contributed by atoms with Crippen LogP contribution in [0.4, 0.5) is 4.79 Å². The Kier molecular flexibility index (Phi) is 5.38. The minimum atomic E-state index is -0.811. The Morgan fingerprint density at radius 3 is 2.35 bits per heavy atom. The molecule has 37 heavy (non-hydrogen) atoms. The van der Waals surface area contributed by atoms with Gasteiger partial charge in [0.2, 0.25) is 0 Å². The Morgan fingerprint density at radius 2 is 1.76 bits per heavy atom. The van der Waals surface area contributed by atoms with E-state index in [9.17, 15) is 19.5 Å². The summed E-state index contributed by atoms with van der Waals surface area (Å²) in [6, 6.07) is 8.84. The van der Waals surface area contributed by atoms with Gasteiger partial charge in [0.1, 0.15) is 11.2 Å². The molecule has 1 aliphatic carbocycles. The second kappa shape index (κ2) is 8.41. The highest BCUT2D eigenvalue weighted by atomic mass is 16.6. The van der Waals surface area contributed by atoms with Gasteiger partial charge in [-0.05, 0) is 63.3 Å². The average molecular weight is 503 g/mol. The predicted octanol–water partition coefficient (Wildman–Crippen LogP) is 3.91. The van der Waals surface area contributed by atoms with Crippen molar-refractivity contribution in [1.29, 1.82) is 0 Å². The van der Waals surface area contributed by atoms with E-state index < -0.39 is 11.7 Å². The number of fused-ring (bicyclic) bond motifs is 2. The molecule has 0 bridgehead atoms. The summed E-state index contributed by atoms with van der Waals surface area (Å²) in [5.41, 5.74) is 3.24. The second-order valence-corrected chi connectivity index (χ2v) is 11.3. The summed E-state index contributed by atoms with van der Waals surface area (Å²) in [6.45, 7) is 6.34. The topological polar surface area (TPSA) is 104 Å². The quantitative estimate of drug-likeness (QED) is 0.531. The summed E-state index contributed by atoms with van der Waals surface area (Å²) in [7, 11) is 0. The van der Waals surface area contributed by atoms with Gasteiger partial charge >= 0.3 is 6.09 Å². The molecule has 2 aliphatic heterocycles. The van der Waals surface area contributed by atoms with Gasteiger partial charge in [-0.2, -0.15) is 0 Å². The number of ether oxygens (including phenoxy) is 1. The summed E-state index contributed by atoms with van der Waals surface area (Å²) >= 11 is 0. The molecule has 4 heterocycles. The minimum Gasteiger partial charge on any atom is -0.444 e.